The van der Waals surface area contributed by atoms with Gasteiger partial charge in [-0.2, -0.15) is 5.10 Å². The van der Waals surface area contributed by atoms with Crippen molar-refractivity contribution in [1.29, 1.82) is 0 Å². The van der Waals surface area contributed by atoms with Crippen LogP contribution in [0.1, 0.15) is 33.4 Å². The third kappa shape index (κ3) is 7.18. The summed E-state index contributed by atoms with van der Waals surface area (Å²) >= 11 is 0. The van der Waals surface area contributed by atoms with E-state index in [-0.39, 0.29) is 11.9 Å². The van der Waals surface area contributed by atoms with Gasteiger partial charge >= 0.3 is 0 Å². The third-order valence-electron chi connectivity index (χ3n) is 2.18. The second-order valence-corrected chi connectivity index (χ2v) is 3.47. The summed E-state index contributed by atoms with van der Waals surface area (Å²) in [5, 5.41) is 17.2. The van der Waals surface area contributed by atoms with Crippen molar-refractivity contribution in [3.05, 3.63) is 64.3 Å². The van der Waals surface area contributed by atoms with Gasteiger partial charge in [0.05, 0.1) is 23.0 Å². The van der Waals surface area contributed by atoms with E-state index in [0.29, 0.717) is 0 Å². The van der Waals surface area contributed by atoms with E-state index in [1.807, 2.05) is 45.9 Å². The zero-order chi connectivity index (χ0) is 16.8. The Balaban J connectivity index is 0.00000102. The molecule has 2 heterocycles. The molecule has 0 fully saturated rings. The molecule has 0 aliphatic carbocycles. The van der Waals surface area contributed by atoms with E-state index in [1.165, 1.54) is 12.3 Å². The highest BCUT2D eigenvalue weighted by molar-refractivity contribution is 5.76. The number of hydrazone groups is 1. The second kappa shape index (κ2) is 12.1. The highest BCUT2D eigenvalue weighted by atomic mass is 16.6. The first-order valence-corrected chi connectivity index (χ1v) is 7.24. The number of nitrogens with one attached hydrogen (secondary N) is 2. The molecule has 1 aromatic rings. The Bertz CT molecular complexity index is 512. The van der Waals surface area contributed by atoms with E-state index >= 15 is 0 Å². The third-order valence-corrected chi connectivity index (χ3v) is 2.18. The molecule has 120 valence electrons. The standard InChI is InChI=1S/C11H11N5O2.2C2H6/c17-16(18)10-4-5-11(13-8-10)15-14-7-9-3-1-2-6-12-9;2*1-2/h1-8,11,13,15H;2*1-2H3/b14-7+;;. The zero-order valence-corrected chi connectivity index (χ0v) is 13.4. The number of nitrogens with zero attached hydrogens (tertiary/aromatic N) is 3. The molecule has 1 atom stereocenters. The molecule has 1 aliphatic heterocycles. The Kier molecular flexibility index (Phi) is 10.6. The van der Waals surface area contributed by atoms with Gasteiger partial charge in [0.1, 0.15) is 6.17 Å². The normalized spacial score (nSPS) is 15.5. The lowest BCUT2D eigenvalue weighted by Crippen LogP contribution is -2.36. The van der Waals surface area contributed by atoms with Gasteiger partial charge in [-0.25, -0.2) is 0 Å². The summed E-state index contributed by atoms with van der Waals surface area (Å²) in [6.45, 7) is 8.00. The van der Waals surface area contributed by atoms with Crippen LogP contribution in [0, 0.1) is 10.1 Å². The van der Waals surface area contributed by atoms with Gasteiger partial charge in [0.25, 0.3) is 5.70 Å². The van der Waals surface area contributed by atoms with E-state index in [1.54, 1.807) is 18.5 Å². The van der Waals surface area contributed by atoms with Crippen LogP contribution in [0.2, 0.25) is 0 Å². The Labute approximate surface area is 131 Å². The molecule has 2 rings (SSSR count). The van der Waals surface area contributed by atoms with E-state index in [4.69, 9.17) is 0 Å². The Hall–Kier alpha value is -2.70. The van der Waals surface area contributed by atoms with Crippen LogP contribution in [0.25, 0.3) is 0 Å². The molecular formula is C15H23N5O2. The number of nitro groups is 1. The fourth-order valence-electron chi connectivity index (χ4n) is 1.30. The second-order valence-electron chi connectivity index (χ2n) is 3.47. The molecule has 7 nitrogen and oxygen atoms in total. The highest BCUT2D eigenvalue weighted by Crippen LogP contribution is 2.02. The minimum Gasteiger partial charge on any atom is -0.361 e. The smallest absolute Gasteiger partial charge is 0.284 e. The van der Waals surface area contributed by atoms with Gasteiger partial charge in [0.2, 0.25) is 0 Å². The molecule has 2 N–H and O–H groups in total. The molecule has 0 spiro atoms. The van der Waals surface area contributed by atoms with Gasteiger partial charge in [-0.3, -0.25) is 20.5 Å². The van der Waals surface area contributed by atoms with Crippen molar-refractivity contribution in [3.8, 4) is 0 Å². The van der Waals surface area contributed by atoms with Crippen LogP contribution < -0.4 is 10.7 Å². The van der Waals surface area contributed by atoms with Gasteiger partial charge in [0, 0.05) is 12.3 Å². The maximum atomic E-state index is 10.4. The fourth-order valence-corrected chi connectivity index (χ4v) is 1.30. The summed E-state index contributed by atoms with van der Waals surface area (Å²) in [5.41, 5.74) is 3.54. The molecule has 1 aromatic heterocycles. The number of hydrogen-bond donors (Lipinski definition) is 2. The van der Waals surface area contributed by atoms with Crippen molar-refractivity contribution in [1.82, 2.24) is 15.7 Å². The monoisotopic (exact) mass is 305 g/mol. The summed E-state index contributed by atoms with van der Waals surface area (Å²) < 4.78 is 0. The van der Waals surface area contributed by atoms with Crippen LogP contribution in [-0.4, -0.2) is 22.3 Å². The van der Waals surface area contributed by atoms with Gasteiger partial charge in [-0.05, 0) is 18.2 Å². The Morgan fingerprint density at radius 1 is 1.36 bits per heavy atom. The quantitative estimate of drug-likeness (QED) is 0.507. The average Bonchev–Trinajstić information content (AvgIpc) is 2.60. The molecule has 0 amide bonds. The zero-order valence-electron chi connectivity index (χ0n) is 13.4. The molecule has 1 aliphatic rings. The largest absolute Gasteiger partial charge is 0.361 e. The van der Waals surface area contributed by atoms with E-state index < -0.39 is 4.92 Å². The minimum absolute atomic E-state index is 0.0155. The van der Waals surface area contributed by atoms with E-state index in [9.17, 15) is 10.1 Å². The van der Waals surface area contributed by atoms with E-state index in [0.717, 1.165) is 5.69 Å². The van der Waals surface area contributed by atoms with Gasteiger partial charge < -0.3 is 5.32 Å². The number of allylic oxidation sites excluding steroid dienone is 1. The lowest BCUT2D eigenvalue weighted by atomic mass is 10.3. The molecule has 7 heteroatoms. The molecular weight excluding hydrogens is 282 g/mol. The Morgan fingerprint density at radius 3 is 2.59 bits per heavy atom. The maximum Gasteiger partial charge on any atom is 0.284 e. The predicted molar refractivity (Wildman–Crippen MR) is 88.8 cm³/mol. The van der Waals surface area contributed by atoms with Gasteiger partial charge in [0.15, 0.2) is 0 Å². The number of aromatic nitrogens is 1. The van der Waals surface area contributed by atoms with E-state index in [2.05, 4.69) is 20.8 Å². The van der Waals surface area contributed by atoms with Crippen LogP contribution in [-0.2, 0) is 0 Å². The summed E-state index contributed by atoms with van der Waals surface area (Å²) in [6.07, 6.45) is 7.34. The first kappa shape index (κ1) is 19.3. The van der Waals surface area contributed by atoms with Gasteiger partial charge in [-0.15, -0.1) is 0 Å². The van der Waals surface area contributed by atoms with Crippen molar-refractivity contribution in [2.75, 3.05) is 0 Å². The van der Waals surface area contributed by atoms with Gasteiger partial charge in [-0.1, -0.05) is 33.8 Å². The molecule has 22 heavy (non-hydrogen) atoms. The van der Waals surface area contributed by atoms with Crippen LogP contribution in [0.4, 0.5) is 0 Å². The predicted octanol–water partition coefficient (Wildman–Crippen LogP) is 2.66. The molecule has 0 bridgehead atoms. The topological polar surface area (TPSA) is 92.5 Å². The molecule has 0 radical (unpaired) electrons. The summed E-state index contributed by atoms with van der Waals surface area (Å²) in [4.78, 5) is 14.1. The maximum absolute atomic E-state index is 10.4. The molecule has 0 saturated carbocycles. The lowest BCUT2D eigenvalue weighted by molar-refractivity contribution is -0.419. The fraction of sp³-hybridized carbons (Fsp3) is 0.333. The lowest BCUT2D eigenvalue weighted by Gasteiger charge is -2.14. The SMILES string of the molecule is CC.CC.O=[N+]([O-])C1=CNC(N/N=C/c2ccccn2)C=C1. The van der Waals surface area contributed by atoms with Crippen LogP contribution in [0.5, 0.6) is 0 Å². The number of dihydropyridines is 1. The minimum atomic E-state index is -0.461. The summed E-state index contributed by atoms with van der Waals surface area (Å²) in [6, 6.07) is 5.50. The van der Waals surface area contributed by atoms with Crippen molar-refractivity contribution in [2.24, 2.45) is 5.10 Å². The van der Waals surface area contributed by atoms with Crippen molar-refractivity contribution < 1.29 is 4.92 Å². The average molecular weight is 305 g/mol. The summed E-state index contributed by atoms with van der Waals surface area (Å²) in [5.74, 6) is 0. The van der Waals surface area contributed by atoms with Crippen molar-refractivity contribution in [2.45, 2.75) is 33.9 Å². The molecule has 0 aromatic carbocycles. The highest BCUT2D eigenvalue weighted by Gasteiger charge is 2.12. The molecule has 1 unspecified atom stereocenters. The first-order valence-electron chi connectivity index (χ1n) is 7.24. The molecule has 0 saturated heterocycles. The number of rotatable bonds is 4. The van der Waals surface area contributed by atoms with Crippen molar-refractivity contribution in [3.63, 3.8) is 0 Å². The summed E-state index contributed by atoms with van der Waals surface area (Å²) in [7, 11) is 0. The van der Waals surface area contributed by atoms with Crippen LogP contribution in [0.3, 0.4) is 0 Å². The first-order chi connectivity index (χ1) is 10.8. The number of hydrogen-bond acceptors (Lipinski definition) is 6. The van der Waals surface area contributed by atoms with Crippen LogP contribution in [0.15, 0.2) is 53.5 Å². The van der Waals surface area contributed by atoms with Crippen molar-refractivity contribution >= 4 is 6.21 Å². The Morgan fingerprint density at radius 2 is 2.09 bits per heavy atom. The van der Waals surface area contributed by atoms with Crippen LogP contribution >= 0.6 is 0 Å². The number of pyridine rings is 1.